The molecule has 1 rings (SSSR count). The van der Waals surface area contributed by atoms with Crippen LogP contribution in [0, 0.1) is 11.3 Å². The molecular formula is C11H12N2O. The molecule has 1 aromatic carbocycles. The predicted molar refractivity (Wildman–Crippen MR) is 55.0 cm³/mol. The summed E-state index contributed by atoms with van der Waals surface area (Å²) < 4.78 is 0. The molecule has 3 heteroatoms. The quantitative estimate of drug-likeness (QED) is 0.538. The lowest BCUT2D eigenvalue weighted by Crippen LogP contribution is -2.02. The van der Waals surface area contributed by atoms with E-state index in [4.69, 9.17) is 5.26 Å². The first-order valence-corrected chi connectivity index (χ1v) is 4.43. The van der Waals surface area contributed by atoms with Crippen molar-refractivity contribution in [3.63, 3.8) is 0 Å². The van der Waals surface area contributed by atoms with Crippen molar-refractivity contribution in [1.82, 2.24) is 0 Å². The second-order valence-corrected chi connectivity index (χ2v) is 2.74. The Morgan fingerprint density at radius 2 is 2.21 bits per heavy atom. The third-order valence-corrected chi connectivity index (χ3v) is 1.94. The van der Waals surface area contributed by atoms with E-state index in [0.717, 1.165) is 17.5 Å². The summed E-state index contributed by atoms with van der Waals surface area (Å²) in [6, 6.07) is 9.71. The molecule has 0 aliphatic rings. The molecule has 0 fully saturated rings. The summed E-state index contributed by atoms with van der Waals surface area (Å²) in [6.45, 7) is 2.04. The molecule has 0 aliphatic carbocycles. The van der Waals surface area contributed by atoms with E-state index in [1.54, 1.807) is 0 Å². The third kappa shape index (κ3) is 2.11. The number of hydrogen-bond donors (Lipinski definition) is 0. The molecule has 0 atom stereocenters. The normalized spacial score (nSPS) is 10.8. The van der Waals surface area contributed by atoms with Crippen molar-refractivity contribution in [2.24, 2.45) is 5.16 Å². The first-order chi connectivity index (χ1) is 6.83. The fraction of sp³-hybridized carbons (Fsp3) is 0.273. The van der Waals surface area contributed by atoms with E-state index < -0.39 is 0 Å². The van der Waals surface area contributed by atoms with Crippen LogP contribution in [0.1, 0.15) is 18.1 Å². The van der Waals surface area contributed by atoms with E-state index in [9.17, 15) is 0 Å². The Morgan fingerprint density at radius 3 is 2.79 bits per heavy atom. The molecule has 0 N–H and O–H groups in total. The Balaban J connectivity index is 3.17. The van der Waals surface area contributed by atoms with Crippen LogP contribution < -0.4 is 0 Å². The summed E-state index contributed by atoms with van der Waals surface area (Å²) in [7, 11) is 1.44. The Labute approximate surface area is 83.6 Å². The van der Waals surface area contributed by atoms with Gasteiger partial charge in [-0.3, -0.25) is 0 Å². The molecule has 0 saturated carbocycles. The lowest BCUT2D eigenvalue weighted by Gasteiger charge is -2.03. The van der Waals surface area contributed by atoms with Crippen LogP contribution in [0.4, 0.5) is 0 Å². The topological polar surface area (TPSA) is 45.4 Å². The maximum Gasteiger partial charge on any atom is 0.187 e. The van der Waals surface area contributed by atoms with E-state index in [1.807, 2.05) is 37.3 Å². The van der Waals surface area contributed by atoms with Gasteiger partial charge in [-0.05, 0) is 12.0 Å². The van der Waals surface area contributed by atoms with Crippen LogP contribution in [0.2, 0.25) is 0 Å². The number of aryl methyl sites for hydroxylation is 1. The van der Waals surface area contributed by atoms with Crippen LogP contribution in [0.25, 0.3) is 0 Å². The summed E-state index contributed by atoms with van der Waals surface area (Å²) in [5, 5.41) is 12.5. The van der Waals surface area contributed by atoms with Crippen LogP contribution in [0.3, 0.4) is 0 Å². The van der Waals surface area contributed by atoms with Gasteiger partial charge in [0.15, 0.2) is 5.71 Å². The van der Waals surface area contributed by atoms with Crippen molar-refractivity contribution in [2.45, 2.75) is 13.3 Å². The minimum Gasteiger partial charge on any atom is -0.398 e. The monoisotopic (exact) mass is 188 g/mol. The second-order valence-electron chi connectivity index (χ2n) is 2.74. The molecule has 3 nitrogen and oxygen atoms in total. The van der Waals surface area contributed by atoms with Gasteiger partial charge in [-0.25, -0.2) is 0 Å². The van der Waals surface area contributed by atoms with E-state index >= 15 is 0 Å². The largest absolute Gasteiger partial charge is 0.398 e. The molecule has 0 aliphatic heterocycles. The van der Waals surface area contributed by atoms with Crippen molar-refractivity contribution in [2.75, 3.05) is 7.11 Å². The first kappa shape index (κ1) is 10.3. The fourth-order valence-electron chi connectivity index (χ4n) is 1.28. The number of hydrogen-bond acceptors (Lipinski definition) is 3. The molecule has 0 aromatic heterocycles. The average Bonchev–Trinajstić information content (AvgIpc) is 2.26. The zero-order chi connectivity index (χ0) is 10.4. The van der Waals surface area contributed by atoms with Gasteiger partial charge in [0.25, 0.3) is 0 Å². The van der Waals surface area contributed by atoms with Gasteiger partial charge in [-0.15, -0.1) is 0 Å². The van der Waals surface area contributed by atoms with Crippen LogP contribution in [0.5, 0.6) is 0 Å². The molecule has 72 valence electrons. The van der Waals surface area contributed by atoms with Gasteiger partial charge in [0.05, 0.1) is 0 Å². The molecule has 0 amide bonds. The molecule has 0 spiro atoms. The lowest BCUT2D eigenvalue weighted by atomic mass is 10.0. The summed E-state index contributed by atoms with van der Waals surface area (Å²) in [4.78, 5) is 4.61. The van der Waals surface area contributed by atoms with Gasteiger partial charge in [-0.2, -0.15) is 5.26 Å². The number of oxime groups is 1. The van der Waals surface area contributed by atoms with Crippen LogP contribution in [-0.2, 0) is 11.3 Å². The van der Waals surface area contributed by atoms with Crippen molar-refractivity contribution in [3.8, 4) is 6.07 Å². The molecular weight excluding hydrogens is 176 g/mol. The standard InChI is InChI=1S/C11H12N2O/c1-3-9-6-4-5-7-10(9)11(8-12)13-14-2/h4-7H,3H2,1-2H3/b13-11+. The molecule has 0 radical (unpaired) electrons. The molecule has 0 saturated heterocycles. The van der Waals surface area contributed by atoms with Crippen LogP contribution >= 0.6 is 0 Å². The van der Waals surface area contributed by atoms with Gasteiger partial charge in [-0.1, -0.05) is 36.3 Å². The smallest absolute Gasteiger partial charge is 0.187 e. The van der Waals surface area contributed by atoms with Gasteiger partial charge in [0, 0.05) is 5.56 Å². The van der Waals surface area contributed by atoms with E-state index in [-0.39, 0.29) is 0 Å². The van der Waals surface area contributed by atoms with Gasteiger partial charge >= 0.3 is 0 Å². The van der Waals surface area contributed by atoms with Crippen LogP contribution in [-0.4, -0.2) is 12.8 Å². The molecule has 1 aromatic rings. The first-order valence-electron chi connectivity index (χ1n) is 4.43. The lowest BCUT2D eigenvalue weighted by molar-refractivity contribution is 0.214. The summed E-state index contributed by atoms with van der Waals surface area (Å²) in [6.07, 6.45) is 0.876. The van der Waals surface area contributed by atoms with Gasteiger partial charge < -0.3 is 4.84 Å². The average molecular weight is 188 g/mol. The minimum atomic E-state index is 0.324. The Bertz CT molecular complexity index is 377. The highest BCUT2D eigenvalue weighted by Gasteiger charge is 2.07. The third-order valence-electron chi connectivity index (χ3n) is 1.94. The Kier molecular flexibility index (Phi) is 3.69. The number of benzene rings is 1. The highest BCUT2D eigenvalue weighted by atomic mass is 16.6. The van der Waals surface area contributed by atoms with E-state index in [2.05, 4.69) is 9.99 Å². The van der Waals surface area contributed by atoms with Crippen LogP contribution in [0.15, 0.2) is 29.4 Å². The predicted octanol–water partition coefficient (Wildman–Crippen LogP) is 2.12. The van der Waals surface area contributed by atoms with Crippen molar-refractivity contribution in [3.05, 3.63) is 35.4 Å². The molecule has 0 heterocycles. The zero-order valence-corrected chi connectivity index (χ0v) is 8.32. The number of nitrogens with zero attached hydrogens (tertiary/aromatic N) is 2. The van der Waals surface area contributed by atoms with Crippen molar-refractivity contribution in [1.29, 1.82) is 5.26 Å². The maximum atomic E-state index is 8.87. The zero-order valence-electron chi connectivity index (χ0n) is 8.32. The van der Waals surface area contributed by atoms with E-state index in [1.165, 1.54) is 7.11 Å². The Hall–Kier alpha value is -1.82. The molecule has 0 bridgehead atoms. The Morgan fingerprint density at radius 1 is 1.50 bits per heavy atom. The summed E-state index contributed by atoms with van der Waals surface area (Å²) >= 11 is 0. The molecule has 14 heavy (non-hydrogen) atoms. The van der Waals surface area contributed by atoms with Gasteiger partial charge in [0.2, 0.25) is 0 Å². The maximum absolute atomic E-state index is 8.87. The number of rotatable bonds is 3. The highest BCUT2D eigenvalue weighted by molar-refractivity contribution is 6.12. The fourth-order valence-corrected chi connectivity index (χ4v) is 1.28. The second kappa shape index (κ2) is 5.03. The summed E-state index contributed by atoms with van der Waals surface area (Å²) in [5.74, 6) is 0. The molecule has 0 unspecified atom stereocenters. The summed E-state index contributed by atoms with van der Waals surface area (Å²) in [5.41, 5.74) is 2.27. The number of nitriles is 1. The van der Waals surface area contributed by atoms with Crippen molar-refractivity contribution < 1.29 is 4.84 Å². The van der Waals surface area contributed by atoms with E-state index in [0.29, 0.717) is 5.71 Å². The SMILES string of the molecule is CCc1ccccc1/C(C#N)=N/OC. The minimum absolute atomic E-state index is 0.324. The van der Waals surface area contributed by atoms with Crippen molar-refractivity contribution >= 4 is 5.71 Å². The van der Waals surface area contributed by atoms with Gasteiger partial charge in [0.1, 0.15) is 13.2 Å². The highest BCUT2D eigenvalue weighted by Crippen LogP contribution is 2.10.